The second-order valence-corrected chi connectivity index (χ2v) is 6.28. The van der Waals surface area contributed by atoms with Crippen LogP contribution in [0.3, 0.4) is 0 Å². The summed E-state index contributed by atoms with van der Waals surface area (Å²) in [6.07, 6.45) is -0.489. The number of halogens is 1. The Hall–Kier alpha value is -2.61. The van der Waals surface area contributed by atoms with Crippen LogP contribution >= 0.6 is 11.6 Å². The molecule has 1 rings (SSSR count). The van der Waals surface area contributed by atoms with Crippen LogP contribution in [0.2, 0.25) is 0 Å². The normalized spacial score (nSPS) is 13.3. The summed E-state index contributed by atoms with van der Waals surface area (Å²) in [6, 6.07) is 9.21. The molecule has 0 bridgehead atoms. The van der Waals surface area contributed by atoms with Gasteiger partial charge in [-0.2, -0.15) is 0 Å². The topological polar surface area (TPSA) is 94.5 Å². The van der Waals surface area contributed by atoms with E-state index in [-0.39, 0.29) is 5.92 Å². The number of hydrogen-bond donors (Lipinski definition) is 0. The minimum absolute atomic E-state index is 0.0345. The molecule has 1 aromatic carbocycles. The summed E-state index contributed by atoms with van der Waals surface area (Å²) in [5, 5.41) is 2.60. The van der Waals surface area contributed by atoms with E-state index in [2.05, 4.69) is 14.7 Å². The van der Waals surface area contributed by atoms with Gasteiger partial charge >= 0.3 is 12.1 Å². The molecule has 8 nitrogen and oxygen atoms in total. The highest BCUT2D eigenvalue weighted by Gasteiger charge is 2.27. The van der Waals surface area contributed by atoms with Crippen LogP contribution in [0.4, 0.5) is 4.79 Å². The maximum Gasteiger partial charge on any atom is 0.538 e. The largest absolute Gasteiger partial charge is 0.538 e. The third-order valence-corrected chi connectivity index (χ3v) is 4.02. The zero-order valence-corrected chi connectivity index (χ0v) is 16.4. The quantitative estimate of drug-likeness (QED) is 0.219. The molecule has 0 saturated heterocycles. The molecule has 1 amide bonds. The molecular weight excluding hydrogens is 376 g/mol. The molecule has 0 fully saturated rings. The first kappa shape index (κ1) is 22.4. The van der Waals surface area contributed by atoms with Crippen molar-refractivity contribution in [3.05, 3.63) is 35.9 Å². The molecule has 27 heavy (non-hydrogen) atoms. The molecule has 0 aromatic heterocycles. The maximum absolute atomic E-state index is 12.4. The van der Waals surface area contributed by atoms with Crippen molar-refractivity contribution < 1.29 is 28.7 Å². The van der Waals surface area contributed by atoms with Gasteiger partial charge in [0.15, 0.2) is 0 Å². The molecular formula is C18H23ClN2O6. The molecule has 148 valence electrons. The van der Waals surface area contributed by atoms with E-state index in [1.165, 1.54) is 14.1 Å². The third kappa shape index (κ3) is 7.26. The van der Waals surface area contributed by atoms with E-state index in [4.69, 9.17) is 16.3 Å². The van der Waals surface area contributed by atoms with Gasteiger partial charge in [-0.3, -0.25) is 14.4 Å². The lowest BCUT2D eigenvalue weighted by molar-refractivity contribution is -0.156. The summed E-state index contributed by atoms with van der Waals surface area (Å²) in [5.41, 5.74) is 0.818. The van der Waals surface area contributed by atoms with Crippen molar-refractivity contribution in [2.45, 2.75) is 26.2 Å². The molecule has 0 aliphatic rings. The smallest absolute Gasteiger partial charge is 0.427 e. The number of ether oxygens (including phenoxy) is 2. The molecule has 2 unspecified atom stereocenters. The fourth-order valence-electron chi connectivity index (χ4n) is 2.15. The zero-order valence-electron chi connectivity index (χ0n) is 15.7. The monoisotopic (exact) mass is 398 g/mol. The Balaban J connectivity index is 2.56. The third-order valence-electron chi connectivity index (χ3n) is 3.79. The lowest BCUT2D eigenvalue weighted by Crippen LogP contribution is -2.27. The van der Waals surface area contributed by atoms with Crippen LogP contribution < -0.4 is 0 Å². The highest BCUT2D eigenvalue weighted by atomic mass is 35.5. The number of carbonyl (C=O) groups excluding carboxylic acids is 3. The summed E-state index contributed by atoms with van der Waals surface area (Å²) >= 11 is 5.56. The standard InChI is InChI=1S/C18H23ClN2O6/c1-5-12(2)14(13-9-7-6-8-10-13)17(23)25-11-26-18(24)27-20-15(19)16(22)21(3)4/h6-10,12,14H,5,11H2,1-4H3/b20-15-. The number of nitrogens with zero attached hydrogens (tertiary/aromatic N) is 2. The average molecular weight is 399 g/mol. The molecule has 1 aromatic rings. The van der Waals surface area contributed by atoms with Crippen LogP contribution in [0, 0.1) is 5.92 Å². The minimum Gasteiger partial charge on any atom is -0.427 e. The predicted octanol–water partition coefficient (Wildman–Crippen LogP) is 3.11. The summed E-state index contributed by atoms with van der Waals surface area (Å²) < 4.78 is 9.63. The number of oxime groups is 1. The van der Waals surface area contributed by atoms with Crippen LogP contribution in [-0.4, -0.2) is 49.0 Å². The van der Waals surface area contributed by atoms with E-state index in [1.807, 2.05) is 44.2 Å². The number of carbonyl (C=O) groups is 3. The van der Waals surface area contributed by atoms with Gasteiger partial charge in [-0.15, -0.1) is 0 Å². The second-order valence-electron chi connectivity index (χ2n) is 5.92. The van der Waals surface area contributed by atoms with Gasteiger partial charge < -0.3 is 14.4 Å². The van der Waals surface area contributed by atoms with Crippen LogP contribution in [0.1, 0.15) is 31.7 Å². The van der Waals surface area contributed by atoms with Gasteiger partial charge in [-0.25, -0.2) is 4.79 Å². The van der Waals surface area contributed by atoms with Crippen LogP contribution in [0.15, 0.2) is 35.5 Å². The first-order valence-corrected chi connectivity index (χ1v) is 8.66. The van der Waals surface area contributed by atoms with E-state index >= 15 is 0 Å². The number of hydrogen-bond acceptors (Lipinski definition) is 7. The van der Waals surface area contributed by atoms with Crippen molar-refractivity contribution in [2.75, 3.05) is 20.9 Å². The van der Waals surface area contributed by atoms with Crippen molar-refractivity contribution in [1.82, 2.24) is 4.90 Å². The van der Waals surface area contributed by atoms with Gasteiger partial charge in [0.2, 0.25) is 12.0 Å². The van der Waals surface area contributed by atoms with E-state index < -0.39 is 35.9 Å². The number of amides is 1. The Kier molecular flexibility index (Phi) is 9.29. The van der Waals surface area contributed by atoms with Gasteiger partial charge in [-0.05, 0) is 11.5 Å². The Morgan fingerprint density at radius 3 is 2.33 bits per heavy atom. The van der Waals surface area contributed by atoms with E-state index in [0.717, 1.165) is 16.9 Å². The molecule has 0 heterocycles. The molecule has 0 aliphatic heterocycles. The molecule has 0 radical (unpaired) electrons. The molecule has 2 atom stereocenters. The molecule has 0 N–H and O–H groups in total. The average Bonchev–Trinajstić information content (AvgIpc) is 2.66. The minimum atomic E-state index is -1.26. The van der Waals surface area contributed by atoms with E-state index in [1.54, 1.807) is 0 Å². The SMILES string of the molecule is CCC(C)C(C(=O)OCOC(=O)O/N=C(\Cl)C(=O)N(C)C)c1ccccc1. The number of esters is 1. The lowest BCUT2D eigenvalue weighted by atomic mass is 9.86. The Labute approximate surface area is 163 Å². The first-order chi connectivity index (χ1) is 12.8. The summed E-state index contributed by atoms with van der Waals surface area (Å²) in [7, 11) is 2.91. The lowest BCUT2D eigenvalue weighted by Gasteiger charge is -2.21. The van der Waals surface area contributed by atoms with Crippen LogP contribution in [0.5, 0.6) is 0 Å². The number of rotatable bonds is 8. The van der Waals surface area contributed by atoms with Crippen molar-refractivity contribution in [2.24, 2.45) is 11.1 Å². The Morgan fingerprint density at radius 2 is 1.78 bits per heavy atom. The molecule has 9 heteroatoms. The summed E-state index contributed by atoms with van der Waals surface area (Å²) in [4.78, 5) is 40.7. The predicted molar refractivity (Wildman–Crippen MR) is 99.1 cm³/mol. The van der Waals surface area contributed by atoms with Gasteiger partial charge in [0.1, 0.15) is 0 Å². The highest BCUT2D eigenvalue weighted by molar-refractivity contribution is 6.82. The fraction of sp³-hybridized carbons (Fsp3) is 0.444. The van der Waals surface area contributed by atoms with E-state index in [0.29, 0.717) is 0 Å². The zero-order chi connectivity index (χ0) is 20.4. The van der Waals surface area contributed by atoms with Crippen LogP contribution in [-0.2, 0) is 23.9 Å². The second kappa shape index (κ2) is 11.2. The van der Waals surface area contributed by atoms with Gasteiger partial charge in [0.25, 0.3) is 5.91 Å². The van der Waals surface area contributed by atoms with Gasteiger partial charge in [0, 0.05) is 14.1 Å². The Bertz CT molecular complexity index is 678. The van der Waals surface area contributed by atoms with Crippen molar-refractivity contribution in [3.63, 3.8) is 0 Å². The van der Waals surface area contributed by atoms with Crippen LogP contribution in [0.25, 0.3) is 0 Å². The molecule has 0 saturated carbocycles. The maximum atomic E-state index is 12.4. The summed E-state index contributed by atoms with van der Waals surface area (Å²) in [5.74, 6) is -1.61. The Morgan fingerprint density at radius 1 is 1.15 bits per heavy atom. The first-order valence-electron chi connectivity index (χ1n) is 8.28. The van der Waals surface area contributed by atoms with Crippen molar-refractivity contribution >= 4 is 34.8 Å². The van der Waals surface area contributed by atoms with E-state index in [9.17, 15) is 14.4 Å². The molecule has 0 aliphatic carbocycles. The van der Waals surface area contributed by atoms with Gasteiger partial charge in [0.05, 0.1) is 5.92 Å². The highest BCUT2D eigenvalue weighted by Crippen LogP contribution is 2.28. The fourth-order valence-corrected chi connectivity index (χ4v) is 2.35. The summed E-state index contributed by atoms with van der Waals surface area (Å²) in [6.45, 7) is 3.26. The number of benzene rings is 1. The van der Waals surface area contributed by atoms with Crippen molar-refractivity contribution in [3.8, 4) is 0 Å². The molecule has 0 spiro atoms. The van der Waals surface area contributed by atoms with Gasteiger partial charge in [-0.1, -0.05) is 67.4 Å². The van der Waals surface area contributed by atoms with Crippen molar-refractivity contribution in [1.29, 1.82) is 0 Å².